The molecule has 0 heterocycles. The van der Waals surface area contributed by atoms with Crippen LogP contribution in [-0.4, -0.2) is 11.0 Å². The van der Waals surface area contributed by atoms with Gasteiger partial charge in [0, 0.05) is 4.47 Å². The normalized spacial score (nSPS) is 13.0. The molecule has 0 aliphatic heterocycles. The van der Waals surface area contributed by atoms with Crippen molar-refractivity contribution in [3.63, 3.8) is 0 Å². The molecule has 4 heteroatoms. The molecular formula is C8H7BrClFO. The monoisotopic (exact) mass is 252 g/mol. The maximum atomic E-state index is 12.7. The lowest BCUT2D eigenvalue weighted by atomic mass is 10.1. The van der Waals surface area contributed by atoms with Crippen LogP contribution in [-0.2, 0) is 0 Å². The molecule has 1 nitrogen and oxygen atoms in total. The van der Waals surface area contributed by atoms with E-state index in [9.17, 15) is 9.50 Å². The van der Waals surface area contributed by atoms with Gasteiger partial charge in [-0.2, -0.15) is 0 Å². The Morgan fingerprint density at radius 1 is 1.58 bits per heavy atom. The van der Waals surface area contributed by atoms with Crippen molar-refractivity contribution in [3.8, 4) is 0 Å². The van der Waals surface area contributed by atoms with Crippen LogP contribution in [0.4, 0.5) is 4.39 Å². The average molecular weight is 253 g/mol. The van der Waals surface area contributed by atoms with Gasteiger partial charge in [0.15, 0.2) is 0 Å². The predicted octanol–water partition coefficient (Wildman–Crippen LogP) is 2.86. The third kappa shape index (κ3) is 2.19. The summed E-state index contributed by atoms with van der Waals surface area (Å²) in [6, 6.07) is 4.12. The van der Waals surface area contributed by atoms with Crippen molar-refractivity contribution in [2.24, 2.45) is 0 Å². The van der Waals surface area contributed by atoms with Crippen molar-refractivity contribution >= 4 is 27.5 Å². The minimum atomic E-state index is -0.822. The van der Waals surface area contributed by atoms with Gasteiger partial charge < -0.3 is 5.11 Å². The summed E-state index contributed by atoms with van der Waals surface area (Å²) < 4.78 is 13.3. The maximum Gasteiger partial charge on any atom is 0.123 e. The van der Waals surface area contributed by atoms with E-state index in [1.54, 1.807) is 6.07 Å². The number of aliphatic hydroxyl groups is 1. The predicted molar refractivity (Wildman–Crippen MR) is 49.8 cm³/mol. The third-order valence-electron chi connectivity index (χ3n) is 1.46. The smallest absolute Gasteiger partial charge is 0.123 e. The first-order chi connectivity index (χ1) is 5.65. The standard InChI is InChI=1S/C8H7BrClFO/c9-7-2-1-5(11)3-6(7)8(12)4-10/h1-3,8,12H,4H2/t8-/m1/s1. The van der Waals surface area contributed by atoms with E-state index >= 15 is 0 Å². The van der Waals surface area contributed by atoms with Crippen LogP contribution in [0.25, 0.3) is 0 Å². The summed E-state index contributed by atoms with van der Waals surface area (Å²) in [7, 11) is 0. The number of hydrogen-bond acceptors (Lipinski definition) is 1. The minimum absolute atomic E-state index is 0.0576. The fourth-order valence-corrected chi connectivity index (χ4v) is 1.53. The topological polar surface area (TPSA) is 20.2 Å². The second-order valence-corrected chi connectivity index (χ2v) is 3.50. The van der Waals surface area contributed by atoms with Gasteiger partial charge in [-0.05, 0) is 23.8 Å². The summed E-state index contributed by atoms with van der Waals surface area (Å²) in [4.78, 5) is 0. The van der Waals surface area contributed by atoms with E-state index in [4.69, 9.17) is 11.6 Å². The lowest BCUT2D eigenvalue weighted by Gasteiger charge is -2.08. The van der Waals surface area contributed by atoms with Crippen molar-refractivity contribution in [1.82, 2.24) is 0 Å². The molecule has 66 valence electrons. The number of halogens is 3. The Balaban J connectivity index is 3.04. The third-order valence-corrected chi connectivity index (χ3v) is 2.48. The van der Waals surface area contributed by atoms with E-state index in [1.807, 2.05) is 0 Å². The molecule has 1 aromatic rings. The van der Waals surface area contributed by atoms with Gasteiger partial charge in [0.25, 0.3) is 0 Å². The van der Waals surface area contributed by atoms with E-state index in [0.717, 1.165) is 0 Å². The highest BCUT2D eigenvalue weighted by Crippen LogP contribution is 2.24. The number of rotatable bonds is 2. The van der Waals surface area contributed by atoms with Crippen LogP contribution in [0.1, 0.15) is 11.7 Å². The first kappa shape index (κ1) is 9.96. The summed E-state index contributed by atoms with van der Waals surface area (Å²) in [5, 5.41) is 9.31. The molecule has 0 fully saturated rings. The Morgan fingerprint density at radius 2 is 2.25 bits per heavy atom. The van der Waals surface area contributed by atoms with E-state index in [0.29, 0.717) is 10.0 Å². The first-order valence-corrected chi connectivity index (χ1v) is 4.67. The highest BCUT2D eigenvalue weighted by atomic mass is 79.9. The van der Waals surface area contributed by atoms with Crippen LogP contribution in [0, 0.1) is 5.82 Å². The Bertz CT molecular complexity index is 280. The van der Waals surface area contributed by atoms with Crippen molar-refractivity contribution < 1.29 is 9.50 Å². The largest absolute Gasteiger partial charge is 0.387 e. The molecule has 0 bridgehead atoms. The molecule has 12 heavy (non-hydrogen) atoms. The Hall–Kier alpha value is -0.120. The van der Waals surface area contributed by atoms with Gasteiger partial charge in [0.05, 0.1) is 12.0 Å². The summed E-state index contributed by atoms with van der Waals surface area (Å²) in [6.07, 6.45) is -0.822. The number of benzene rings is 1. The van der Waals surface area contributed by atoms with Crippen LogP contribution in [0.15, 0.2) is 22.7 Å². The lowest BCUT2D eigenvalue weighted by Crippen LogP contribution is -2.00. The zero-order valence-corrected chi connectivity index (χ0v) is 8.44. The van der Waals surface area contributed by atoms with Gasteiger partial charge in [-0.1, -0.05) is 15.9 Å². The molecule has 0 aliphatic carbocycles. The molecule has 0 aromatic heterocycles. The van der Waals surface area contributed by atoms with Gasteiger partial charge in [0.1, 0.15) is 5.82 Å². The van der Waals surface area contributed by atoms with E-state index in [1.165, 1.54) is 12.1 Å². The van der Waals surface area contributed by atoms with Crippen molar-refractivity contribution in [1.29, 1.82) is 0 Å². The van der Waals surface area contributed by atoms with E-state index < -0.39 is 6.10 Å². The minimum Gasteiger partial charge on any atom is -0.387 e. The van der Waals surface area contributed by atoms with Gasteiger partial charge in [-0.3, -0.25) is 0 Å². The fraction of sp³-hybridized carbons (Fsp3) is 0.250. The molecule has 0 unspecified atom stereocenters. The van der Waals surface area contributed by atoms with Crippen LogP contribution in [0.2, 0.25) is 0 Å². The van der Waals surface area contributed by atoms with Crippen molar-refractivity contribution in [2.75, 3.05) is 5.88 Å². The first-order valence-electron chi connectivity index (χ1n) is 3.34. The summed E-state index contributed by atoms with van der Waals surface area (Å²) in [5.74, 6) is -0.320. The molecular weight excluding hydrogens is 246 g/mol. The molecule has 0 aliphatic rings. The molecule has 1 rings (SSSR count). The molecule has 0 amide bonds. The number of hydrogen-bond donors (Lipinski definition) is 1. The number of aliphatic hydroxyl groups excluding tert-OH is 1. The SMILES string of the molecule is O[C@H](CCl)c1cc(F)ccc1Br. The Morgan fingerprint density at radius 3 is 2.83 bits per heavy atom. The zero-order chi connectivity index (χ0) is 9.14. The molecule has 0 saturated heterocycles. The van der Waals surface area contributed by atoms with Gasteiger partial charge in [-0.15, -0.1) is 11.6 Å². The summed E-state index contributed by atoms with van der Waals surface area (Å²) >= 11 is 8.60. The van der Waals surface area contributed by atoms with Crippen molar-refractivity contribution in [2.45, 2.75) is 6.10 Å². The molecule has 1 aromatic carbocycles. The van der Waals surface area contributed by atoms with Gasteiger partial charge >= 0.3 is 0 Å². The van der Waals surface area contributed by atoms with Gasteiger partial charge in [-0.25, -0.2) is 4.39 Å². The summed E-state index contributed by atoms with van der Waals surface area (Å²) in [5.41, 5.74) is 0.477. The molecule has 0 radical (unpaired) electrons. The van der Waals surface area contributed by atoms with Crippen molar-refractivity contribution in [3.05, 3.63) is 34.1 Å². The molecule has 1 atom stereocenters. The Labute approximate surface area is 83.3 Å². The Kier molecular flexibility index (Phi) is 3.50. The lowest BCUT2D eigenvalue weighted by molar-refractivity contribution is 0.201. The van der Waals surface area contributed by atoms with Crippen LogP contribution >= 0.6 is 27.5 Å². The van der Waals surface area contributed by atoms with Crippen LogP contribution in [0.5, 0.6) is 0 Å². The van der Waals surface area contributed by atoms with Crippen LogP contribution in [0.3, 0.4) is 0 Å². The van der Waals surface area contributed by atoms with E-state index in [-0.39, 0.29) is 11.7 Å². The molecule has 1 N–H and O–H groups in total. The zero-order valence-electron chi connectivity index (χ0n) is 6.10. The fourth-order valence-electron chi connectivity index (χ4n) is 0.853. The highest BCUT2D eigenvalue weighted by molar-refractivity contribution is 9.10. The molecule has 0 spiro atoms. The second kappa shape index (κ2) is 4.21. The second-order valence-electron chi connectivity index (χ2n) is 2.34. The van der Waals surface area contributed by atoms with E-state index in [2.05, 4.69) is 15.9 Å². The quantitative estimate of drug-likeness (QED) is 0.804. The van der Waals surface area contributed by atoms with Crippen LogP contribution < -0.4 is 0 Å². The highest BCUT2D eigenvalue weighted by Gasteiger charge is 2.10. The van der Waals surface area contributed by atoms with Gasteiger partial charge in [0.2, 0.25) is 0 Å². The maximum absolute atomic E-state index is 12.7. The number of alkyl halides is 1. The average Bonchev–Trinajstić information content (AvgIpc) is 2.08. The summed E-state index contributed by atoms with van der Waals surface area (Å²) in [6.45, 7) is 0. The molecule has 0 saturated carbocycles.